The molecule has 150 valence electrons. The fourth-order valence-corrected chi connectivity index (χ4v) is 3.44. The number of rotatable bonds is 8. The summed E-state index contributed by atoms with van der Waals surface area (Å²) in [4.78, 5) is 36.1. The van der Waals surface area contributed by atoms with E-state index in [-0.39, 0.29) is 29.9 Å². The maximum absolute atomic E-state index is 12.6. The van der Waals surface area contributed by atoms with Gasteiger partial charge in [-0.15, -0.1) is 0 Å². The second-order valence-electron chi connectivity index (χ2n) is 6.99. The van der Waals surface area contributed by atoms with Crippen LogP contribution in [0.5, 0.6) is 0 Å². The molecular weight excluding hydrogens is 358 g/mol. The summed E-state index contributed by atoms with van der Waals surface area (Å²) in [5.74, 6) is 0.426. The molecule has 2 aromatic heterocycles. The van der Waals surface area contributed by atoms with Crippen molar-refractivity contribution in [3.8, 4) is 0 Å². The molecule has 28 heavy (non-hydrogen) atoms. The Morgan fingerprint density at radius 2 is 2.21 bits per heavy atom. The third-order valence-corrected chi connectivity index (χ3v) is 4.92. The van der Waals surface area contributed by atoms with E-state index in [1.807, 2.05) is 6.92 Å². The molecule has 2 amide bonds. The number of aromatic amines is 1. The molecule has 0 unspecified atom stereocenters. The molecule has 1 aliphatic carbocycles. The first kappa shape index (κ1) is 20.0. The first-order valence-corrected chi connectivity index (χ1v) is 9.75. The fraction of sp³-hybridized carbons (Fsp3) is 0.500. The average molecular weight is 385 g/mol. The SMILES string of the molecule is CCCO[C@@H]1C[C@@H](C(=O)NCc2ncc[nH]2)CC[C@H]1NC(=O)c1cccnc1. The zero-order valence-corrected chi connectivity index (χ0v) is 16.1. The van der Waals surface area contributed by atoms with Crippen molar-refractivity contribution in [1.82, 2.24) is 25.6 Å². The van der Waals surface area contributed by atoms with Crippen LogP contribution in [-0.2, 0) is 16.1 Å². The van der Waals surface area contributed by atoms with Crippen molar-refractivity contribution in [2.45, 2.75) is 51.3 Å². The van der Waals surface area contributed by atoms with E-state index < -0.39 is 0 Å². The van der Waals surface area contributed by atoms with Crippen molar-refractivity contribution < 1.29 is 14.3 Å². The van der Waals surface area contributed by atoms with Gasteiger partial charge in [0.05, 0.1) is 24.3 Å². The van der Waals surface area contributed by atoms with Gasteiger partial charge in [0.2, 0.25) is 5.91 Å². The number of carbonyl (C=O) groups is 2. The number of hydrogen-bond acceptors (Lipinski definition) is 5. The van der Waals surface area contributed by atoms with E-state index in [4.69, 9.17) is 4.74 Å². The van der Waals surface area contributed by atoms with Crippen LogP contribution in [0.1, 0.15) is 48.8 Å². The molecule has 8 heteroatoms. The Morgan fingerprint density at radius 1 is 1.32 bits per heavy atom. The monoisotopic (exact) mass is 385 g/mol. The number of imidazole rings is 1. The van der Waals surface area contributed by atoms with Gasteiger partial charge < -0.3 is 20.4 Å². The van der Waals surface area contributed by atoms with Gasteiger partial charge in [-0.3, -0.25) is 14.6 Å². The number of H-pyrrole nitrogens is 1. The van der Waals surface area contributed by atoms with E-state index in [2.05, 4.69) is 25.6 Å². The Bertz CT molecular complexity index is 750. The summed E-state index contributed by atoms with van der Waals surface area (Å²) in [6.07, 6.45) is 9.25. The number of hydrogen-bond donors (Lipinski definition) is 3. The minimum absolute atomic E-state index is 0.00136. The molecule has 1 saturated carbocycles. The highest BCUT2D eigenvalue weighted by atomic mass is 16.5. The molecule has 0 bridgehead atoms. The first-order valence-electron chi connectivity index (χ1n) is 9.75. The van der Waals surface area contributed by atoms with Crippen molar-refractivity contribution in [3.63, 3.8) is 0 Å². The molecule has 0 aromatic carbocycles. The van der Waals surface area contributed by atoms with E-state index in [0.29, 0.717) is 38.0 Å². The molecule has 0 aliphatic heterocycles. The van der Waals surface area contributed by atoms with Crippen molar-refractivity contribution >= 4 is 11.8 Å². The van der Waals surface area contributed by atoms with Gasteiger partial charge in [-0.25, -0.2) is 4.98 Å². The predicted octanol–water partition coefficient (Wildman–Crippen LogP) is 1.81. The molecule has 2 heterocycles. The summed E-state index contributed by atoms with van der Waals surface area (Å²) in [5.41, 5.74) is 0.523. The van der Waals surface area contributed by atoms with Gasteiger partial charge in [-0.2, -0.15) is 0 Å². The minimum Gasteiger partial charge on any atom is -0.376 e. The lowest BCUT2D eigenvalue weighted by atomic mass is 9.83. The quantitative estimate of drug-likeness (QED) is 0.642. The molecule has 8 nitrogen and oxygen atoms in total. The van der Waals surface area contributed by atoms with Gasteiger partial charge in [0, 0.05) is 37.3 Å². The standard InChI is InChI=1S/C20H27N5O3/c1-2-10-28-17-11-14(19(26)24-13-18-22-8-9-23-18)5-6-16(17)25-20(27)15-4-3-7-21-12-15/h3-4,7-9,12,14,16-17H,2,5-6,10-11,13H2,1H3,(H,22,23)(H,24,26)(H,25,27)/t14-,16+,17+/m0/s1. The third kappa shape index (κ3) is 5.39. The Hall–Kier alpha value is -2.74. The highest BCUT2D eigenvalue weighted by Gasteiger charge is 2.35. The maximum Gasteiger partial charge on any atom is 0.253 e. The van der Waals surface area contributed by atoms with Gasteiger partial charge >= 0.3 is 0 Å². The summed E-state index contributed by atoms with van der Waals surface area (Å²) in [7, 11) is 0. The molecule has 1 fully saturated rings. The smallest absolute Gasteiger partial charge is 0.253 e. The zero-order valence-electron chi connectivity index (χ0n) is 16.1. The highest BCUT2D eigenvalue weighted by Crippen LogP contribution is 2.27. The number of amides is 2. The van der Waals surface area contributed by atoms with Crippen molar-refractivity contribution in [1.29, 1.82) is 0 Å². The van der Waals surface area contributed by atoms with Crippen LogP contribution < -0.4 is 10.6 Å². The van der Waals surface area contributed by atoms with Crippen molar-refractivity contribution in [3.05, 3.63) is 48.3 Å². The van der Waals surface area contributed by atoms with Crippen molar-refractivity contribution in [2.24, 2.45) is 5.92 Å². The number of aromatic nitrogens is 3. The largest absolute Gasteiger partial charge is 0.376 e. The molecule has 2 aromatic rings. The summed E-state index contributed by atoms with van der Waals surface area (Å²) in [6.45, 7) is 3.02. The second kappa shape index (κ2) is 9.98. The highest BCUT2D eigenvalue weighted by molar-refractivity contribution is 5.94. The van der Waals surface area contributed by atoms with Crippen LogP contribution in [0.2, 0.25) is 0 Å². The molecule has 3 rings (SSSR count). The lowest BCUT2D eigenvalue weighted by Gasteiger charge is -2.35. The van der Waals surface area contributed by atoms with E-state index in [1.165, 1.54) is 0 Å². The number of nitrogens with one attached hydrogen (secondary N) is 3. The van der Waals surface area contributed by atoms with Crippen molar-refractivity contribution in [2.75, 3.05) is 6.61 Å². The maximum atomic E-state index is 12.6. The number of carbonyl (C=O) groups excluding carboxylic acids is 2. The van der Waals surface area contributed by atoms with Crippen LogP contribution in [0.25, 0.3) is 0 Å². The number of pyridine rings is 1. The van der Waals surface area contributed by atoms with E-state index in [9.17, 15) is 9.59 Å². The minimum atomic E-state index is -0.186. The lowest BCUT2D eigenvalue weighted by Crippen LogP contribution is -2.50. The summed E-state index contributed by atoms with van der Waals surface area (Å²) in [5, 5.41) is 5.99. The predicted molar refractivity (Wildman–Crippen MR) is 103 cm³/mol. The zero-order chi connectivity index (χ0) is 19.8. The van der Waals surface area contributed by atoms with Gasteiger partial charge in [0.15, 0.2) is 0 Å². The van der Waals surface area contributed by atoms with Crippen LogP contribution in [-0.4, -0.2) is 45.5 Å². The summed E-state index contributed by atoms with van der Waals surface area (Å²) >= 11 is 0. The first-order chi connectivity index (χ1) is 13.7. The second-order valence-corrected chi connectivity index (χ2v) is 6.99. The van der Waals surface area contributed by atoms with Gasteiger partial charge in [-0.05, 0) is 37.8 Å². The molecule has 0 saturated heterocycles. The van der Waals surface area contributed by atoms with Gasteiger partial charge in [-0.1, -0.05) is 6.92 Å². The van der Waals surface area contributed by atoms with Crippen LogP contribution in [0.4, 0.5) is 0 Å². The number of ether oxygens (including phenoxy) is 1. The molecule has 0 radical (unpaired) electrons. The Morgan fingerprint density at radius 3 is 2.93 bits per heavy atom. The summed E-state index contributed by atoms with van der Waals surface area (Å²) < 4.78 is 5.98. The van der Waals surface area contributed by atoms with Gasteiger partial charge in [0.1, 0.15) is 5.82 Å². The van der Waals surface area contributed by atoms with Gasteiger partial charge in [0.25, 0.3) is 5.91 Å². The van der Waals surface area contributed by atoms with Crippen LogP contribution in [0.3, 0.4) is 0 Å². The normalized spacial score (nSPS) is 21.8. The van der Waals surface area contributed by atoms with E-state index in [1.54, 1.807) is 36.9 Å². The topological polar surface area (TPSA) is 109 Å². The fourth-order valence-electron chi connectivity index (χ4n) is 3.44. The van der Waals surface area contributed by atoms with Crippen LogP contribution >= 0.6 is 0 Å². The summed E-state index contributed by atoms with van der Waals surface area (Å²) in [6, 6.07) is 3.35. The Kier molecular flexibility index (Phi) is 7.13. The van der Waals surface area contributed by atoms with E-state index in [0.717, 1.165) is 12.2 Å². The molecule has 1 aliphatic rings. The lowest BCUT2D eigenvalue weighted by molar-refractivity contribution is -0.128. The molecule has 0 spiro atoms. The molecule has 3 atom stereocenters. The van der Waals surface area contributed by atoms with Crippen LogP contribution in [0.15, 0.2) is 36.9 Å². The van der Waals surface area contributed by atoms with E-state index >= 15 is 0 Å². The molecular formula is C20H27N5O3. The Balaban J connectivity index is 1.57. The third-order valence-electron chi connectivity index (χ3n) is 4.92. The molecule has 3 N–H and O–H groups in total. The number of nitrogens with zero attached hydrogens (tertiary/aromatic N) is 2. The average Bonchev–Trinajstić information content (AvgIpc) is 3.25. The van der Waals surface area contributed by atoms with Crippen LogP contribution in [0, 0.1) is 5.92 Å². The Labute approximate surface area is 164 Å².